The zero-order valence-corrected chi connectivity index (χ0v) is 14.3. The summed E-state index contributed by atoms with van der Waals surface area (Å²) in [6.45, 7) is 7.86. The van der Waals surface area contributed by atoms with Crippen molar-refractivity contribution in [3.05, 3.63) is 41.4 Å². The molecule has 6 nitrogen and oxygen atoms in total. The van der Waals surface area contributed by atoms with Crippen molar-refractivity contribution in [1.82, 2.24) is 20.1 Å². The van der Waals surface area contributed by atoms with Crippen LogP contribution in [0.25, 0.3) is 0 Å². The van der Waals surface area contributed by atoms with Gasteiger partial charge in [0.2, 0.25) is 11.8 Å². The Kier molecular flexibility index (Phi) is 4.68. The second-order valence-electron chi connectivity index (χ2n) is 6.52. The van der Waals surface area contributed by atoms with Crippen LogP contribution in [0.2, 0.25) is 0 Å². The van der Waals surface area contributed by atoms with Crippen molar-refractivity contribution in [2.24, 2.45) is 0 Å². The van der Waals surface area contributed by atoms with E-state index in [1.54, 1.807) is 33.8 Å². The lowest BCUT2D eigenvalue weighted by Crippen LogP contribution is -2.51. The van der Waals surface area contributed by atoms with E-state index in [4.69, 9.17) is 4.42 Å². The molecular formula is C16H20F2N4O2. The Balaban J connectivity index is 2.38. The molecule has 0 aliphatic carbocycles. The second kappa shape index (κ2) is 6.26. The summed E-state index contributed by atoms with van der Waals surface area (Å²) in [6, 6.07) is 3.04. The molecular weight excluding hydrogens is 318 g/mol. The van der Waals surface area contributed by atoms with E-state index in [-0.39, 0.29) is 18.0 Å². The van der Waals surface area contributed by atoms with Crippen molar-refractivity contribution >= 4 is 5.91 Å². The maximum Gasteiger partial charge on any atom is 0.366 e. The minimum Gasteiger partial charge on any atom is -0.424 e. The van der Waals surface area contributed by atoms with Crippen LogP contribution >= 0.6 is 0 Å². The van der Waals surface area contributed by atoms with Gasteiger partial charge in [0.25, 0.3) is 0 Å². The zero-order chi connectivity index (χ0) is 18.1. The molecule has 2 heterocycles. The van der Waals surface area contributed by atoms with Crippen LogP contribution in [0.15, 0.2) is 22.7 Å². The van der Waals surface area contributed by atoms with E-state index < -0.39 is 23.1 Å². The van der Waals surface area contributed by atoms with Crippen LogP contribution in [-0.4, -0.2) is 31.5 Å². The first kappa shape index (κ1) is 18.0. The van der Waals surface area contributed by atoms with Gasteiger partial charge in [-0.25, -0.2) is 0 Å². The number of nitrogens with zero attached hydrogens (tertiary/aromatic N) is 4. The standard InChI is InChI=1S/C16H20F2N4O2/c1-10-7-6-8-19-13(10)16(17,18)14(23)22(15(3,4)5)9-12-21-20-11(2)24-12/h6-8H,9H2,1-5H3. The monoisotopic (exact) mass is 338 g/mol. The molecule has 0 saturated heterocycles. The Bertz CT molecular complexity index is 738. The molecule has 0 unspecified atom stereocenters. The van der Waals surface area contributed by atoms with Gasteiger partial charge in [-0.1, -0.05) is 6.07 Å². The highest BCUT2D eigenvalue weighted by atomic mass is 19.3. The molecule has 2 rings (SSSR count). The third kappa shape index (κ3) is 3.58. The van der Waals surface area contributed by atoms with Gasteiger partial charge in [-0.15, -0.1) is 10.2 Å². The topological polar surface area (TPSA) is 72.1 Å². The normalized spacial score (nSPS) is 12.3. The maximum absolute atomic E-state index is 14.8. The molecule has 0 aliphatic rings. The van der Waals surface area contributed by atoms with E-state index in [0.717, 1.165) is 4.90 Å². The number of hydrogen-bond acceptors (Lipinski definition) is 5. The Hall–Kier alpha value is -2.38. The lowest BCUT2D eigenvalue weighted by molar-refractivity contribution is -0.166. The summed E-state index contributed by atoms with van der Waals surface area (Å²) in [5.74, 6) is -4.70. The smallest absolute Gasteiger partial charge is 0.366 e. The van der Waals surface area contributed by atoms with Crippen molar-refractivity contribution in [2.45, 2.75) is 52.6 Å². The van der Waals surface area contributed by atoms with E-state index in [9.17, 15) is 13.6 Å². The van der Waals surface area contributed by atoms with Crippen LogP contribution in [0, 0.1) is 13.8 Å². The lowest BCUT2D eigenvalue weighted by atomic mass is 10.0. The molecule has 0 N–H and O–H groups in total. The fourth-order valence-corrected chi connectivity index (χ4v) is 2.24. The molecule has 2 aromatic rings. The number of amides is 1. The average molecular weight is 338 g/mol. The van der Waals surface area contributed by atoms with Gasteiger partial charge in [0, 0.05) is 18.7 Å². The van der Waals surface area contributed by atoms with Gasteiger partial charge >= 0.3 is 11.8 Å². The Morgan fingerprint density at radius 2 is 1.92 bits per heavy atom. The molecule has 0 aromatic carbocycles. The van der Waals surface area contributed by atoms with Crippen molar-refractivity contribution in [3.8, 4) is 0 Å². The minimum atomic E-state index is -3.76. The first-order valence-corrected chi connectivity index (χ1v) is 7.44. The van der Waals surface area contributed by atoms with Crippen LogP contribution in [0.5, 0.6) is 0 Å². The molecule has 0 atom stereocenters. The van der Waals surface area contributed by atoms with Crippen molar-refractivity contribution < 1.29 is 18.0 Å². The maximum atomic E-state index is 14.8. The first-order chi connectivity index (χ1) is 11.0. The average Bonchev–Trinajstić information content (AvgIpc) is 2.88. The summed E-state index contributed by atoms with van der Waals surface area (Å²) in [6.07, 6.45) is 1.24. The number of carbonyl (C=O) groups is 1. The number of halogens is 2. The predicted octanol–water partition coefficient (Wildman–Crippen LogP) is 3.00. The fourth-order valence-electron chi connectivity index (χ4n) is 2.24. The highest BCUT2D eigenvalue weighted by Gasteiger charge is 2.49. The number of aromatic nitrogens is 3. The van der Waals surface area contributed by atoms with Gasteiger partial charge in [-0.2, -0.15) is 8.78 Å². The van der Waals surface area contributed by atoms with Crippen LogP contribution < -0.4 is 0 Å². The predicted molar refractivity (Wildman–Crippen MR) is 82.2 cm³/mol. The summed E-state index contributed by atoms with van der Waals surface area (Å²) in [4.78, 5) is 17.3. The van der Waals surface area contributed by atoms with Crippen molar-refractivity contribution in [3.63, 3.8) is 0 Å². The minimum absolute atomic E-state index is 0.101. The molecule has 24 heavy (non-hydrogen) atoms. The molecule has 8 heteroatoms. The highest BCUT2D eigenvalue weighted by molar-refractivity contribution is 5.85. The van der Waals surface area contributed by atoms with Gasteiger partial charge in [-0.05, 0) is 39.3 Å². The molecule has 0 spiro atoms. The molecule has 0 aliphatic heterocycles. The number of rotatable bonds is 4. The Morgan fingerprint density at radius 1 is 1.25 bits per heavy atom. The van der Waals surface area contributed by atoms with Gasteiger partial charge in [-0.3, -0.25) is 9.78 Å². The van der Waals surface area contributed by atoms with Crippen LogP contribution in [0.3, 0.4) is 0 Å². The number of hydrogen-bond donors (Lipinski definition) is 0. The molecule has 1 amide bonds. The van der Waals surface area contributed by atoms with Crippen molar-refractivity contribution in [1.29, 1.82) is 0 Å². The van der Waals surface area contributed by atoms with E-state index in [1.807, 2.05) is 0 Å². The molecule has 0 saturated carbocycles. The van der Waals surface area contributed by atoms with E-state index in [2.05, 4.69) is 15.2 Å². The van der Waals surface area contributed by atoms with E-state index >= 15 is 0 Å². The quantitative estimate of drug-likeness (QED) is 0.857. The molecule has 0 fully saturated rings. The molecule has 2 aromatic heterocycles. The number of carbonyl (C=O) groups excluding carboxylic acids is 1. The molecule has 0 bridgehead atoms. The van der Waals surface area contributed by atoms with Gasteiger partial charge in [0.05, 0.1) is 6.54 Å². The SMILES string of the molecule is Cc1nnc(CN(C(=O)C(F)(F)c2ncccc2C)C(C)(C)C)o1. The van der Waals surface area contributed by atoms with Crippen LogP contribution in [0.1, 0.15) is 43.8 Å². The summed E-state index contributed by atoms with van der Waals surface area (Å²) in [7, 11) is 0. The Labute approximate surface area is 138 Å². The van der Waals surface area contributed by atoms with E-state index in [1.165, 1.54) is 19.2 Å². The highest BCUT2D eigenvalue weighted by Crippen LogP contribution is 2.33. The fraction of sp³-hybridized carbons (Fsp3) is 0.500. The number of alkyl halides is 2. The molecule has 0 radical (unpaired) electrons. The summed E-state index contributed by atoms with van der Waals surface area (Å²) < 4.78 is 34.8. The van der Waals surface area contributed by atoms with Crippen molar-refractivity contribution in [2.75, 3.05) is 0 Å². The third-order valence-corrected chi connectivity index (χ3v) is 3.49. The van der Waals surface area contributed by atoms with Gasteiger partial charge in [0.1, 0.15) is 5.69 Å². The number of aryl methyl sites for hydroxylation is 2. The third-order valence-electron chi connectivity index (χ3n) is 3.49. The summed E-state index contributed by atoms with van der Waals surface area (Å²) in [5, 5.41) is 7.44. The zero-order valence-electron chi connectivity index (χ0n) is 14.3. The lowest BCUT2D eigenvalue weighted by Gasteiger charge is -2.36. The van der Waals surface area contributed by atoms with Gasteiger partial charge < -0.3 is 9.32 Å². The second-order valence-corrected chi connectivity index (χ2v) is 6.52. The van der Waals surface area contributed by atoms with Gasteiger partial charge in [0.15, 0.2) is 0 Å². The summed E-state index contributed by atoms with van der Waals surface area (Å²) >= 11 is 0. The first-order valence-electron chi connectivity index (χ1n) is 7.44. The molecule has 130 valence electrons. The summed E-state index contributed by atoms with van der Waals surface area (Å²) in [5.41, 5.74) is -1.17. The van der Waals surface area contributed by atoms with E-state index in [0.29, 0.717) is 5.89 Å². The largest absolute Gasteiger partial charge is 0.424 e. The van der Waals surface area contributed by atoms with Crippen LogP contribution in [0.4, 0.5) is 8.78 Å². The Morgan fingerprint density at radius 3 is 2.42 bits per heavy atom. The number of pyridine rings is 1. The van der Waals surface area contributed by atoms with Crippen LogP contribution in [-0.2, 0) is 17.3 Å².